The van der Waals surface area contributed by atoms with Crippen molar-refractivity contribution < 1.29 is 4.39 Å². The molecule has 1 aromatic carbocycles. The number of halogens is 2. The molecule has 0 spiro atoms. The van der Waals surface area contributed by atoms with Gasteiger partial charge in [0.05, 0.1) is 15.7 Å². The first-order valence-electron chi connectivity index (χ1n) is 7.31. The molecule has 0 unspecified atom stereocenters. The Bertz CT molecular complexity index is 637. The molecule has 1 saturated carbocycles. The van der Waals surface area contributed by atoms with E-state index in [2.05, 4.69) is 17.2 Å². The van der Waals surface area contributed by atoms with Crippen LogP contribution < -0.4 is 5.32 Å². The molecule has 1 aromatic heterocycles. The molecule has 1 aliphatic rings. The summed E-state index contributed by atoms with van der Waals surface area (Å²) in [5.41, 5.74) is 1.74. The molecule has 21 heavy (non-hydrogen) atoms. The van der Waals surface area contributed by atoms with E-state index in [0.717, 1.165) is 23.7 Å². The summed E-state index contributed by atoms with van der Waals surface area (Å²) >= 11 is 7.51. The van der Waals surface area contributed by atoms with Gasteiger partial charge in [-0.05, 0) is 30.9 Å². The molecule has 1 N–H and O–H groups in total. The molecule has 0 amide bonds. The third-order valence-electron chi connectivity index (χ3n) is 3.66. The molecule has 1 heterocycles. The highest BCUT2D eigenvalue weighted by Gasteiger charge is 2.21. The zero-order valence-corrected chi connectivity index (χ0v) is 13.5. The van der Waals surface area contributed by atoms with Crippen molar-refractivity contribution in [3.8, 4) is 0 Å². The Morgan fingerprint density at radius 3 is 2.95 bits per heavy atom. The van der Waals surface area contributed by atoms with Crippen molar-refractivity contribution in [1.82, 2.24) is 10.3 Å². The number of rotatable bonds is 6. The smallest absolute Gasteiger partial charge is 0.145 e. The van der Waals surface area contributed by atoms with Crippen LogP contribution in [-0.4, -0.2) is 11.0 Å². The van der Waals surface area contributed by atoms with Gasteiger partial charge in [-0.2, -0.15) is 0 Å². The zero-order valence-electron chi connectivity index (χ0n) is 12.0. The summed E-state index contributed by atoms with van der Waals surface area (Å²) in [6.07, 6.45) is 3.98. The minimum Gasteiger partial charge on any atom is -0.309 e. The first-order valence-corrected chi connectivity index (χ1v) is 8.50. The molecule has 1 aliphatic carbocycles. The SMILES string of the molecule is CCc1nc(Cc2cccc(Cl)c2F)sc1CNC1CC1. The first-order chi connectivity index (χ1) is 10.2. The van der Waals surface area contributed by atoms with Gasteiger partial charge in [0.2, 0.25) is 0 Å². The van der Waals surface area contributed by atoms with Crippen molar-refractivity contribution in [3.05, 3.63) is 50.2 Å². The molecule has 0 saturated heterocycles. The van der Waals surface area contributed by atoms with Gasteiger partial charge in [0.1, 0.15) is 5.82 Å². The van der Waals surface area contributed by atoms with Crippen molar-refractivity contribution in [2.75, 3.05) is 0 Å². The van der Waals surface area contributed by atoms with Crippen LogP contribution in [0.1, 0.15) is 40.9 Å². The van der Waals surface area contributed by atoms with Crippen LogP contribution in [0.2, 0.25) is 5.02 Å². The lowest BCUT2D eigenvalue weighted by atomic mass is 10.1. The fraction of sp³-hybridized carbons (Fsp3) is 0.438. The molecular weight excluding hydrogens is 307 g/mol. The lowest BCUT2D eigenvalue weighted by Crippen LogP contribution is -2.15. The lowest BCUT2D eigenvalue weighted by Gasteiger charge is -2.01. The second-order valence-electron chi connectivity index (χ2n) is 5.38. The Kier molecular flexibility index (Phi) is 4.57. The summed E-state index contributed by atoms with van der Waals surface area (Å²) in [4.78, 5) is 5.94. The van der Waals surface area contributed by atoms with Gasteiger partial charge < -0.3 is 5.32 Å². The van der Waals surface area contributed by atoms with E-state index >= 15 is 0 Å². The average Bonchev–Trinajstić information content (AvgIpc) is 3.22. The second kappa shape index (κ2) is 6.42. The van der Waals surface area contributed by atoms with Crippen LogP contribution in [0.25, 0.3) is 0 Å². The number of thiazole rings is 1. The van der Waals surface area contributed by atoms with Gasteiger partial charge >= 0.3 is 0 Å². The Balaban J connectivity index is 1.76. The van der Waals surface area contributed by atoms with Crippen molar-refractivity contribution in [2.45, 2.75) is 45.2 Å². The number of aromatic nitrogens is 1. The number of hydrogen-bond acceptors (Lipinski definition) is 3. The first kappa shape index (κ1) is 14.9. The Hall–Kier alpha value is -0.970. The molecule has 1 fully saturated rings. The van der Waals surface area contributed by atoms with Crippen molar-refractivity contribution in [3.63, 3.8) is 0 Å². The normalized spacial score (nSPS) is 14.6. The molecule has 0 bridgehead atoms. The topological polar surface area (TPSA) is 24.9 Å². The second-order valence-corrected chi connectivity index (χ2v) is 6.95. The average molecular weight is 325 g/mol. The van der Waals surface area contributed by atoms with Crippen LogP contribution in [0.5, 0.6) is 0 Å². The molecule has 2 nitrogen and oxygen atoms in total. The maximum Gasteiger partial charge on any atom is 0.145 e. The van der Waals surface area contributed by atoms with E-state index in [4.69, 9.17) is 11.6 Å². The molecule has 2 aromatic rings. The number of nitrogens with zero attached hydrogens (tertiary/aromatic N) is 1. The number of benzene rings is 1. The summed E-state index contributed by atoms with van der Waals surface area (Å²) in [5.74, 6) is -0.329. The Labute approximate surface area is 133 Å². The predicted molar refractivity (Wildman–Crippen MR) is 85.6 cm³/mol. The molecule has 0 atom stereocenters. The third-order valence-corrected chi connectivity index (χ3v) is 5.05. The van der Waals surface area contributed by atoms with E-state index in [-0.39, 0.29) is 10.8 Å². The van der Waals surface area contributed by atoms with Gasteiger partial charge in [-0.15, -0.1) is 11.3 Å². The Morgan fingerprint density at radius 1 is 1.43 bits per heavy atom. The highest BCUT2D eigenvalue weighted by Crippen LogP contribution is 2.26. The van der Waals surface area contributed by atoms with Gasteiger partial charge in [0.25, 0.3) is 0 Å². The van der Waals surface area contributed by atoms with E-state index in [9.17, 15) is 4.39 Å². The highest BCUT2D eigenvalue weighted by atomic mass is 35.5. The van der Waals surface area contributed by atoms with Crippen LogP contribution in [0.3, 0.4) is 0 Å². The zero-order chi connectivity index (χ0) is 14.8. The molecule has 0 aliphatic heterocycles. The minimum absolute atomic E-state index is 0.176. The van der Waals surface area contributed by atoms with Crippen molar-refractivity contribution in [2.24, 2.45) is 0 Å². The van der Waals surface area contributed by atoms with Gasteiger partial charge in [0, 0.05) is 23.9 Å². The molecule has 5 heteroatoms. The monoisotopic (exact) mass is 324 g/mol. The highest BCUT2D eigenvalue weighted by molar-refractivity contribution is 7.11. The van der Waals surface area contributed by atoms with Gasteiger partial charge in [-0.1, -0.05) is 30.7 Å². The third kappa shape index (κ3) is 3.62. The number of hydrogen-bond donors (Lipinski definition) is 1. The molecule has 3 rings (SSSR count). The maximum absolute atomic E-state index is 14.0. The fourth-order valence-corrected chi connectivity index (χ4v) is 3.62. The van der Waals surface area contributed by atoms with E-state index in [0.29, 0.717) is 18.0 Å². The summed E-state index contributed by atoms with van der Waals surface area (Å²) in [6, 6.07) is 5.82. The van der Waals surface area contributed by atoms with E-state index < -0.39 is 0 Å². The summed E-state index contributed by atoms with van der Waals surface area (Å²) in [6.45, 7) is 2.99. The predicted octanol–water partition coefficient (Wildman–Crippen LogP) is 4.34. The quantitative estimate of drug-likeness (QED) is 0.855. The maximum atomic E-state index is 14.0. The summed E-state index contributed by atoms with van der Waals surface area (Å²) in [5, 5.41) is 4.66. The Morgan fingerprint density at radius 2 is 2.24 bits per heavy atom. The van der Waals surface area contributed by atoms with Gasteiger partial charge in [0.15, 0.2) is 0 Å². The van der Waals surface area contributed by atoms with Crippen LogP contribution in [0.4, 0.5) is 4.39 Å². The van der Waals surface area contributed by atoms with Gasteiger partial charge in [-0.3, -0.25) is 0 Å². The molecular formula is C16H18ClFN2S. The van der Waals surface area contributed by atoms with Crippen molar-refractivity contribution in [1.29, 1.82) is 0 Å². The summed E-state index contributed by atoms with van der Waals surface area (Å²) in [7, 11) is 0. The lowest BCUT2D eigenvalue weighted by molar-refractivity contribution is 0.614. The number of nitrogens with one attached hydrogen (secondary N) is 1. The van der Waals surface area contributed by atoms with Crippen LogP contribution in [0.15, 0.2) is 18.2 Å². The molecule has 0 radical (unpaired) electrons. The van der Waals surface area contributed by atoms with E-state index in [1.54, 1.807) is 29.5 Å². The van der Waals surface area contributed by atoms with E-state index in [1.807, 2.05) is 0 Å². The summed E-state index contributed by atoms with van der Waals surface area (Å²) < 4.78 is 14.0. The number of aryl methyl sites for hydroxylation is 1. The standard InChI is InChI=1S/C16H18ClFN2S/c1-2-13-14(9-19-11-6-7-11)21-15(20-13)8-10-4-3-5-12(17)16(10)18/h3-5,11,19H,2,6-9H2,1H3. The van der Waals surface area contributed by atoms with Crippen LogP contribution in [0, 0.1) is 5.82 Å². The van der Waals surface area contributed by atoms with E-state index in [1.165, 1.54) is 17.7 Å². The van der Waals surface area contributed by atoms with Crippen molar-refractivity contribution >= 4 is 22.9 Å². The molecule has 112 valence electrons. The van der Waals surface area contributed by atoms with Gasteiger partial charge in [-0.25, -0.2) is 9.37 Å². The minimum atomic E-state index is -0.329. The largest absolute Gasteiger partial charge is 0.309 e. The van der Waals surface area contributed by atoms with Crippen LogP contribution >= 0.6 is 22.9 Å². The fourth-order valence-electron chi connectivity index (χ4n) is 2.30. The van der Waals surface area contributed by atoms with Crippen LogP contribution in [-0.2, 0) is 19.4 Å².